The predicted octanol–water partition coefficient (Wildman–Crippen LogP) is 2.83. The summed E-state index contributed by atoms with van der Waals surface area (Å²) in [5.41, 5.74) is 4.76. The Balaban J connectivity index is 1.74. The maximum atomic E-state index is 8.84. The predicted molar refractivity (Wildman–Crippen MR) is 74.4 cm³/mol. The number of fused-ring (bicyclic) bond motifs is 1. The van der Waals surface area contributed by atoms with Crippen LogP contribution in [0.4, 0.5) is 0 Å². The lowest BCUT2D eigenvalue weighted by molar-refractivity contribution is 0.261. The van der Waals surface area contributed by atoms with Gasteiger partial charge in [0.1, 0.15) is 11.8 Å². The Labute approximate surface area is 113 Å². The van der Waals surface area contributed by atoms with Gasteiger partial charge in [-0.2, -0.15) is 5.26 Å². The van der Waals surface area contributed by atoms with E-state index in [1.54, 1.807) is 0 Å². The summed E-state index contributed by atoms with van der Waals surface area (Å²) in [7, 11) is 0. The molecular weight excluding hydrogens is 234 g/mol. The first-order valence-corrected chi connectivity index (χ1v) is 6.72. The van der Waals surface area contributed by atoms with Crippen molar-refractivity contribution in [1.82, 2.24) is 9.88 Å². The van der Waals surface area contributed by atoms with Crippen molar-refractivity contribution in [3.05, 3.63) is 58.9 Å². The Bertz CT molecular complexity index is 606. The molecule has 1 N–H and O–H groups in total. The SMILES string of the molecule is N#Cc1cc(CN2CCCc3ccccc3C2)c[nH]1. The number of benzene rings is 1. The molecule has 0 saturated carbocycles. The third-order valence-electron chi connectivity index (χ3n) is 3.70. The highest BCUT2D eigenvalue weighted by Crippen LogP contribution is 2.20. The summed E-state index contributed by atoms with van der Waals surface area (Å²) in [6.07, 6.45) is 4.31. The van der Waals surface area contributed by atoms with Gasteiger partial charge in [-0.3, -0.25) is 4.90 Å². The third kappa shape index (κ3) is 2.69. The Morgan fingerprint density at radius 1 is 1.26 bits per heavy atom. The maximum absolute atomic E-state index is 8.84. The van der Waals surface area contributed by atoms with Crippen LogP contribution in [0.1, 0.15) is 28.8 Å². The molecule has 0 atom stereocenters. The monoisotopic (exact) mass is 251 g/mol. The minimum atomic E-state index is 0.644. The minimum absolute atomic E-state index is 0.644. The van der Waals surface area contributed by atoms with Crippen LogP contribution in [0.25, 0.3) is 0 Å². The van der Waals surface area contributed by atoms with Crippen molar-refractivity contribution < 1.29 is 0 Å². The van der Waals surface area contributed by atoms with Crippen LogP contribution in [0.5, 0.6) is 0 Å². The van der Waals surface area contributed by atoms with Crippen molar-refractivity contribution in [2.45, 2.75) is 25.9 Å². The van der Waals surface area contributed by atoms with Crippen LogP contribution in [0.3, 0.4) is 0 Å². The Morgan fingerprint density at radius 2 is 2.11 bits per heavy atom. The zero-order chi connectivity index (χ0) is 13.1. The molecule has 0 fully saturated rings. The molecule has 19 heavy (non-hydrogen) atoms. The molecule has 1 aliphatic rings. The largest absolute Gasteiger partial charge is 0.353 e. The lowest BCUT2D eigenvalue weighted by Gasteiger charge is -2.19. The fourth-order valence-corrected chi connectivity index (χ4v) is 2.76. The molecule has 0 radical (unpaired) electrons. The van der Waals surface area contributed by atoms with E-state index in [0.717, 1.165) is 19.6 Å². The molecule has 3 rings (SSSR count). The first kappa shape index (κ1) is 12.0. The van der Waals surface area contributed by atoms with Crippen LogP contribution < -0.4 is 0 Å². The Morgan fingerprint density at radius 3 is 2.89 bits per heavy atom. The van der Waals surface area contributed by atoms with Gasteiger partial charge in [0, 0.05) is 19.3 Å². The normalized spacial score (nSPS) is 15.5. The van der Waals surface area contributed by atoms with Gasteiger partial charge in [-0.1, -0.05) is 24.3 Å². The lowest BCUT2D eigenvalue weighted by atomic mass is 10.0. The summed E-state index contributed by atoms with van der Waals surface area (Å²) in [5, 5.41) is 8.84. The number of nitrogens with one attached hydrogen (secondary N) is 1. The van der Waals surface area contributed by atoms with Crippen LogP contribution in [0, 0.1) is 11.3 Å². The molecule has 0 saturated heterocycles. The second-order valence-corrected chi connectivity index (χ2v) is 5.12. The summed E-state index contributed by atoms with van der Waals surface area (Å²) in [4.78, 5) is 5.45. The van der Waals surface area contributed by atoms with Crippen molar-refractivity contribution in [1.29, 1.82) is 5.26 Å². The molecule has 1 aromatic carbocycles. The highest BCUT2D eigenvalue weighted by molar-refractivity contribution is 5.29. The zero-order valence-electron chi connectivity index (χ0n) is 10.9. The molecule has 0 amide bonds. The van der Waals surface area contributed by atoms with Crippen molar-refractivity contribution in [3.8, 4) is 6.07 Å². The third-order valence-corrected chi connectivity index (χ3v) is 3.70. The summed E-state index contributed by atoms with van der Waals surface area (Å²) in [6.45, 7) is 3.03. The topological polar surface area (TPSA) is 42.8 Å². The molecule has 1 aliphatic heterocycles. The number of rotatable bonds is 2. The second kappa shape index (κ2) is 5.29. The van der Waals surface area contributed by atoms with Crippen LogP contribution in [0.2, 0.25) is 0 Å². The molecule has 0 aliphatic carbocycles. The molecule has 3 heteroatoms. The molecule has 0 spiro atoms. The summed E-state index contributed by atoms with van der Waals surface area (Å²) >= 11 is 0. The highest BCUT2D eigenvalue weighted by Gasteiger charge is 2.14. The van der Waals surface area contributed by atoms with Gasteiger partial charge in [0.2, 0.25) is 0 Å². The molecule has 3 nitrogen and oxygen atoms in total. The van der Waals surface area contributed by atoms with Crippen molar-refractivity contribution in [3.63, 3.8) is 0 Å². The number of hydrogen-bond acceptors (Lipinski definition) is 2. The minimum Gasteiger partial charge on any atom is -0.353 e. The second-order valence-electron chi connectivity index (χ2n) is 5.12. The molecule has 2 heterocycles. The van der Waals surface area contributed by atoms with Crippen molar-refractivity contribution >= 4 is 0 Å². The van der Waals surface area contributed by atoms with Crippen LogP contribution in [-0.2, 0) is 19.5 Å². The van der Waals surface area contributed by atoms with Crippen LogP contribution >= 0.6 is 0 Å². The van der Waals surface area contributed by atoms with Gasteiger partial charge in [-0.05, 0) is 42.1 Å². The van der Waals surface area contributed by atoms with Gasteiger partial charge in [0.05, 0.1) is 0 Å². The number of aromatic amines is 1. The van der Waals surface area contributed by atoms with Crippen molar-refractivity contribution in [2.75, 3.05) is 6.54 Å². The average Bonchev–Trinajstić information content (AvgIpc) is 2.78. The van der Waals surface area contributed by atoms with E-state index >= 15 is 0 Å². The summed E-state index contributed by atoms with van der Waals surface area (Å²) < 4.78 is 0. The van der Waals surface area contributed by atoms with Crippen LogP contribution in [0.15, 0.2) is 36.5 Å². The van der Waals surface area contributed by atoms with Gasteiger partial charge in [0.15, 0.2) is 0 Å². The summed E-state index contributed by atoms with van der Waals surface area (Å²) in [5.74, 6) is 0. The lowest BCUT2D eigenvalue weighted by Crippen LogP contribution is -2.22. The van der Waals surface area contributed by atoms with E-state index in [0.29, 0.717) is 5.69 Å². The van der Waals surface area contributed by atoms with Gasteiger partial charge in [-0.25, -0.2) is 0 Å². The molecule has 0 unspecified atom stereocenters. The Hall–Kier alpha value is -2.05. The van der Waals surface area contributed by atoms with E-state index in [1.807, 2.05) is 12.3 Å². The molecule has 96 valence electrons. The van der Waals surface area contributed by atoms with E-state index in [1.165, 1.54) is 29.5 Å². The molecule has 1 aromatic heterocycles. The standard InChI is InChI=1S/C16H17N3/c17-9-16-8-13(10-18-16)11-19-7-3-6-14-4-1-2-5-15(14)12-19/h1-2,4-5,8,10,18H,3,6-7,11-12H2. The number of aryl methyl sites for hydroxylation is 1. The van der Waals surface area contributed by atoms with Crippen molar-refractivity contribution in [2.24, 2.45) is 0 Å². The first-order chi connectivity index (χ1) is 9.35. The number of hydrogen-bond donors (Lipinski definition) is 1. The zero-order valence-corrected chi connectivity index (χ0v) is 10.9. The maximum Gasteiger partial charge on any atom is 0.117 e. The number of nitrogens with zero attached hydrogens (tertiary/aromatic N) is 2. The van der Waals surface area contributed by atoms with E-state index in [-0.39, 0.29) is 0 Å². The molecule has 2 aromatic rings. The quantitative estimate of drug-likeness (QED) is 0.891. The fourth-order valence-electron chi connectivity index (χ4n) is 2.76. The summed E-state index contributed by atoms with van der Waals surface area (Å²) in [6, 6.07) is 12.8. The fraction of sp³-hybridized carbons (Fsp3) is 0.312. The molecular formula is C16H17N3. The van der Waals surface area contributed by atoms with E-state index in [2.05, 4.69) is 40.2 Å². The smallest absolute Gasteiger partial charge is 0.117 e. The van der Waals surface area contributed by atoms with E-state index < -0.39 is 0 Å². The highest BCUT2D eigenvalue weighted by atomic mass is 15.1. The Kier molecular flexibility index (Phi) is 3.35. The number of nitriles is 1. The van der Waals surface area contributed by atoms with Crippen LogP contribution in [-0.4, -0.2) is 16.4 Å². The number of H-pyrrole nitrogens is 1. The number of aromatic nitrogens is 1. The van der Waals surface area contributed by atoms with Gasteiger partial charge >= 0.3 is 0 Å². The van der Waals surface area contributed by atoms with Gasteiger partial charge in [-0.15, -0.1) is 0 Å². The van der Waals surface area contributed by atoms with Gasteiger partial charge in [0.25, 0.3) is 0 Å². The molecule has 0 bridgehead atoms. The van der Waals surface area contributed by atoms with Gasteiger partial charge < -0.3 is 4.98 Å². The first-order valence-electron chi connectivity index (χ1n) is 6.72. The average molecular weight is 251 g/mol. The van der Waals surface area contributed by atoms with E-state index in [4.69, 9.17) is 5.26 Å². The van der Waals surface area contributed by atoms with E-state index in [9.17, 15) is 0 Å².